The summed E-state index contributed by atoms with van der Waals surface area (Å²) in [6.45, 7) is 7.50. The first-order chi connectivity index (χ1) is 12.7. The maximum Gasteiger partial charge on any atom is 0.256 e. The summed E-state index contributed by atoms with van der Waals surface area (Å²) in [6.07, 6.45) is 2.69. The topological polar surface area (TPSA) is 87.4 Å². The number of carbonyl (C=O) groups is 1. The summed E-state index contributed by atoms with van der Waals surface area (Å²) in [4.78, 5) is 25.6. The Hall–Kier alpha value is -2.67. The lowest BCUT2D eigenvalue weighted by atomic mass is 10.2. The molecule has 2 aromatic rings. The number of aromatic nitrogens is 2. The molecule has 0 spiro atoms. The fourth-order valence-corrected chi connectivity index (χ4v) is 3.07. The van der Waals surface area contributed by atoms with Gasteiger partial charge < -0.3 is 16.0 Å². The lowest BCUT2D eigenvalue weighted by Crippen LogP contribution is -2.47. The minimum absolute atomic E-state index is 0.219. The molecule has 1 saturated heterocycles. The lowest BCUT2D eigenvalue weighted by molar-refractivity contribution is 0.0951. The second-order valence-electron chi connectivity index (χ2n) is 6.47. The first-order valence-electron chi connectivity index (χ1n) is 9.09. The van der Waals surface area contributed by atoms with E-state index in [1.165, 1.54) is 6.20 Å². The molecule has 1 amide bonds. The van der Waals surface area contributed by atoms with Crippen molar-refractivity contribution in [2.75, 3.05) is 43.4 Å². The van der Waals surface area contributed by atoms with Gasteiger partial charge >= 0.3 is 0 Å². The molecule has 26 heavy (non-hydrogen) atoms. The van der Waals surface area contributed by atoms with Crippen LogP contribution in [0.3, 0.4) is 0 Å². The number of piperazine rings is 1. The third kappa shape index (κ3) is 4.49. The van der Waals surface area contributed by atoms with Crippen molar-refractivity contribution in [3.8, 4) is 0 Å². The van der Waals surface area contributed by atoms with E-state index < -0.39 is 0 Å². The first kappa shape index (κ1) is 18.1. The number of amides is 1. The standard InChI is InChI=1S/C19H26N6O/c1-2-8-24-9-11-25(12-10-24)19-22-14-16(17(20)23-19)18(26)21-13-15-6-4-3-5-7-15/h3-7,14H,2,8-13H2,1H3,(H,21,26)(H2,20,22,23). The molecule has 0 saturated carbocycles. The van der Waals surface area contributed by atoms with E-state index in [-0.39, 0.29) is 11.7 Å². The predicted molar refractivity (Wildman–Crippen MR) is 103 cm³/mol. The van der Waals surface area contributed by atoms with Crippen molar-refractivity contribution in [1.29, 1.82) is 0 Å². The van der Waals surface area contributed by atoms with Crippen molar-refractivity contribution in [2.45, 2.75) is 19.9 Å². The molecule has 0 radical (unpaired) electrons. The maximum absolute atomic E-state index is 12.3. The number of carbonyl (C=O) groups excluding carboxylic acids is 1. The Labute approximate surface area is 154 Å². The molecule has 2 heterocycles. The summed E-state index contributed by atoms with van der Waals surface area (Å²) in [5.41, 5.74) is 7.37. The van der Waals surface area contributed by atoms with E-state index in [4.69, 9.17) is 5.73 Å². The molecule has 0 bridgehead atoms. The van der Waals surface area contributed by atoms with E-state index in [1.807, 2.05) is 30.3 Å². The number of nitrogens with two attached hydrogens (primary N) is 1. The number of hydrogen-bond donors (Lipinski definition) is 2. The highest BCUT2D eigenvalue weighted by atomic mass is 16.1. The van der Waals surface area contributed by atoms with Crippen LogP contribution in [0, 0.1) is 0 Å². The second-order valence-corrected chi connectivity index (χ2v) is 6.47. The molecule has 1 fully saturated rings. The summed E-state index contributed by atoms with van der Waals surface area (Å²) in [6, 6.07) is 9.74. The summed E-state index contributed by atoms with van der Waals surface area (Å²) < 4.78 is 0. The number of nitrogen functional groups attached to an aromatic ring is 1. The van der Waals surface area contributed by atoms with Gasteiger partial charge in [-0.1, -0.05) is 37.3 Å². The zero-order chi connectivity index (χ0) is 18.4. The highest BCUT2D eigenvalue weighted by molar-refractivity contribution is 5.98. The zero-order valence-corrected chi connectivity index (χ0v) is 15.2. The van der Waals surface area contributed by atoms with Gasteiger partial charge in [0.2, 0.25) is 5.95 Å². The van der Waals surface area contributed by atoms with Gasteiger partial charge in [0.15, 0.2) is 0 Å². The van der Waals surface area contributed by atoms with Crippen molar-refractivity contribution >= 4 is 17.7 Å². The molecular formula is C19H26N6O. The minimum atomic E-state index is -0.259. The maximum atomic E-state index is 12.3. The van der Waals surface area contributed by atoms with Crippen LogP contribution < -0.4 is 16.0 Å². The normalized spacial score (nSPS) is 15.0. The fraction of sp³-hybridized carbons (Fsp3) is 0.421. The molecule has 138 valence electrons. The minimum Gasteiger partial charge on any atom is -0.383 e. The van der Waals surface area contributed by atoms with Crippen LogP contribution in [-0.2, 0) is 6.54 Å². The third-order valence-corrected chi connectivity index (χ3v) is 4.54. The van der Waals surface area contributed by atoms with Gasteiger partial charge in [-0.25, -0.2) is 4.98 Å². The first-order valence-corrected chi connectivity index (χ1v) is 9.09. The average molecular weight is 354 g/mol. The van der Waals surface area contributed by atoms with E-state index in [0.717, 1.165) is 44.7 Å². The van der Waals surface area contributed by atoms with E-state index in [0.29, 0.717) is 18.1 Å². The molecule has 1 aromatic carbocycles. The Kier molecular flexibility index (Phi) is 6.01. The van der Waals surface area contributed by atoms with Crippen LogP contribution in [0.25, 0.3) is 0 Å². The van der Waals surface area contributed by atoms with Gasteiger partial charge in [0.05, 0.1) is 5.56 Å². The van der Waals surface area contributed by atoms with Gasteiger partial charge in [0.25, 0.3) is 5.91 Å². The molecular weight excluding hydrogens is 328 g/mol. The van der Waals surface area contributed by atoms with Gasteiger partial charge in [-0.05, 0) is 18.5 Å². The monoisotopic (exact) mass is 354 g/mol. The quantitative estimate of drug-likeness (QED) is 0.818. The van der Waals surface area contributed by atoms with Crippen LogP contribution in [0.15, 0.2) is 36.5 Å². The lowest BCUT2D eigenvalue weighted by Gasteiger charge is -2.34. The van der Waals surface area contributed by atoms with E-state index in [1.54, 1.807) is 0 Å². The van der Waals surface area contributed by atoms with Gasteiger partial charge in [-0.15, -0.1) is 0 Å². The Balaban J connectivity index is 1.59. The van der Waals surface area contributed by atoms with Crippen molar-refractivity contribution in [3.05, 3.63) is 47.7 Å². The van der Waals surface area contributed by atoms with E-state index in [2.05, 4.69) is 32.0 Å². The van der Waals surface area contributed by atoms with E-state index in [9.17, 15) is 4.79 Å². The summed E-state index contributed by atoms with van der Waals surface area (Å²) >= 11 is 0. The predicted octanol–water partition coefficient (Wildman–Crippen LogP) is 1.52. The molecule has 3 rings (SSSR count). The van der Waals surface area contributed by atoms with E-state index >= 15 is 0 Å². The molecule has 3 N–H and O–H groups in total. The molecule has 7 heteroatoms. The number of hydrogen-bond acceptors (Lipinski definition) is 6. The zero-order valence-electron chi connectivity index (χ0n) is 15.2. The van der Waals surface area contributed by atoms with Gasteiger partial charge in [0, 0.05) is 38.9 Å². The molecule has 0 aliphatic carbocycles. The Morgan fingerprint density at radius 3 is 2.58 bits per heavy atom. The third-order valence-electron chi connectivity index (χ3n) is 4.54. The van der Waals surface area contributed by atoms with Crippen molar-refractivity contribution in [3.63, 3.8) is 0 Å². The summed E-state index contributed by atoms with van der Waals surface area (Å²) in [5.74, 6) is 0.556. The van der Waals surface area contributed by atoms with Crippen molar-refractivity contribution in [2.24, 2.45) is 0 Å². The van der Waals surface area contributed by atoms with Crippen LogP contribution in [0.4, 0.5) is 11.8 Å². The van der Waals surface area contributed by atoms with Gasteiger partial charge in [-0.3, -0.25) is 9.69 Å². The molecule has 7 nitrogen and oxygen atoms in total. The Morgan fingerprint density at radius 1 is 1.19 bits per heavy atom. The SMILES string of the molecule is CCCN1CCN(c2ncc(C(=O)NCc3ccccc3)c(N)n2)CC1. The number of nitrogens with one attached hydrogen (secondary N) is 1. The van der Waals surface area contributed by atoms with Gasteiger partial charge in [-0.2, -0.15) is 4.98 Å². The van der Waals surface area contributed by atoms with Crippen LogP contribution in [0.5, 0.6) is 0 Å². The van der Waals surface area contributed by atoms with Crippen molar-refractivity contribution in [1.82, 2.24) is 20.2 Å². The number of anilines is 2. The van der Waals surface area contributed by atoms with Crippen LogP contribution in [0.2, 0.25) is 0 Å². The number of rotatable bonds is 6. The highest BCUT2D eigenvalue weighted by Gasteiger charge is 2.20. The molecule has 1 aliphatic rings. The summed E-state index contributed by atoms with van der Waals surface area (Å²) in [7, 11) is 0. The van der Waals surface area contributed by atoms with Crippen LogP contribution >= 0.6 is 0 Å². The summed E-state index contributed by atoms with van der Waals surface area (Å²) in [5, 5.41) is 2.86. The van der Waals surface area contributed by atoms with Crippen molar-refractivity contribution < 1.29 is 4.79 Å². The largest absolute Gasteiger partial charge is 0.383 e. The number of benzene rings is 1. The second kappa shape index (κ2) is 8.62. The molecule has 0 unspecified atom stereocenters. The smallest absolute Gasteiger partial charge is 0.256 e. The Bertz CT molecular complexity index is 728. The number of nitrogens with zero attached hydrogens (tertiary/aromatic N) is 4. The molecule has 1 aromatic heterocycles. The van der Waals surface area contributed by atoms with Crippen LogP contribution in [0.1, 0.15) is 29.3 Å². The fourth-order valence-electron chi connectivity index (χ4n) is 3.07. The van der Waals surface area contributed by atoms with Crippen LogP contribution in [-0.4, -0.2) is 53.5 Å². The highest BCUT2D eigenvalue weighted by Crippen LogP contribution is 2.16. The average Bonchev–Trinajstić information content (AvgIpc) is 2.68. The molecule has 1 aliphatic heterocycles. The molecule has 0 atom stereocenters. The van der Waals surface area contributed by atoms with Gasteiger partial charge in [0.1, 0.15) is 5.82 Å². The Morgan fingerprint density at radius 2 is 1.92 bits per heavy atom.